The van der Waals surface area contributed by atoms with Gasteiger partial charge in [-0.05, 0) is 54.8 Å². The summed E-state index contributed by atoms with van der Waals surface area (Å²) >= 11 is 0. The first-order chi connectivity index (χ1) is 16.4. The number of nitrogens with zero attached hydrogens (tertiary/aromatic N) is 2. The van der Waals surface area contributed by atoms with Crippen LogP contribution in [0.15, 0.2) is 65.3 Å². The van der Waals surface area contributed by atoms with Crippen LogP contribution >= 0.6 is 0 Å². The maximum absolute atomic E-state index is 12.9. The molecule has 1 atom stereocenters. The van der Waals surface area contributed by atoms with Gasteiger partial charge in [0.1, 0.15) is 5.76 Å². The summed E-state index contributed by atoms with van der Waals surface area (Å²) < 4.78 is 10.7. The number of hydrogen-bond donors (Lipinski definition) is 0. The lowest BCUT2D eigenvalue weighted by atomic mass is 9.99. The topological polar surface area (TPSA) is 97.1 Å². The van der Waals surface area contributed by atoms with Crippen molar-refractivity contribution < 1.29 is 28.3 Å². The summed E-state index contributed by atoms with van der Waals surface area (Å²) in [6, 6.07) is 15.5. The minimum absolute atomic E-state index is 0.00360. The molecule has 0 bridgehead atoms. The summed E-state index contributed by atoms with van der Waals surface area (Å²) in [5, 5.41) is 0. The molecule has 2 aliphatic heterocycles. The molecule has 0 aliphatic carbocycles. The second kappa shape index (κ2) is 8.62. The van der Waals surface area contributed by atoms with E-state index in [1.54, 1.807) is 17.0 Å². The average Bonchev–Trinajstić information content (AvgIpc) is 3.46. The van der Waals surface area contributed by atoms with E-state index in [4.69, 9.17) is 9.15 Å². The van der Waals surface area contributed by atoms with Gasteiger partial charge < -0.3 is 14.1 Å². The number of imide groups is 1. The largest absolute Gasteiger partial charge is 0.467 e. The highest BCUT2D eigenvalue weighted by molar-refractivity contribution is 6.21. The molecular weight excluding hydrogens is 436 g/mol. The lowest BCUT2D eigenvalue weighted by molar-refractivity contribution is -0.140. The van der Waals surface area contributed by atoms with Crippen molar-refractivity contribution in [2.75, 3.05) is 6.54 Å². The van der Waals surface area contributed by atoms with Crippen LogP contribution in [0, 0.1) is 0 Å². The molecule has 1 unspecified atom stereocenters. The lowest BCUT2D eigenvalue weighted by Gasteiger charge is -2.30. The van der Waals surface area contributed by atoms with Crippen LogP contribution in [0.3, 0.4) is 0 Å². The quantitative estimate of drug-likeness (QED) is 0.430. The Hall–Kier alpha value is -4.20. The number of carbonyl (C=O) groups excluding carboxylic acids is 4. The molecule has 172 valence electrons. The summed E-state index contributed by atoms with van der Waals surface area (Å²) in [5.74, 6) is -1.50. The second-order valence-corrected chi connectivity index (χ2v) is 8.36. The van der Waals surface area contributed by atoms with Gasteiger partial charge in [-0.3, -0.25) is 19.3 Å². The fourth-order valence-corrected chi connectivity index (χ4v) is 4.34. The molecule has 34 heavy (non-hydrogen) atoms. The van der Waals surface area contributed by atoms with Gasteiger partial charge in [-0.1, -0.05) is 24.3 Å². The molecule has 8 nitrogen and oxygen atoms in total. The fourth-order valence-electron chi connectivity index (χ4n) is 4.34. The van der Waals surface area contributed by atoms with Crippen LogP contribution in [0.4, 0.5) is 0 Å². The van der Waals surface area contributed by atoms with Gasteiger partial charge in [0.25, 0.3) is 17.7 Å². The Balaban J connectivity index is 1.26. The number of ether oxygens (including phenoxy) is 1. The van der Waals surface area contributed by atoms with Crippen molar-refractivity contribution in [2.45, 2.75) is 32.5 Å². The van der Waals surface area contributed by atoms with Crippen LogP contribution in [0.1, 0.15) is 54.9 Å². The summed E-state index contributed by atoms with van der Waals surface area (Å²) in [6.45, 7) is 2.56. The second-order valence-electron chi connectivity index (χ2n) is 8.36. The molecule has 3 amide bonds. The van der Waals surface area contributed by atoms with Crippen molar-refractivity contribution in [1.29, 1.82) is 0 Å². The third-order valence-corrected chi connectivity index (χ3v) is 6.17. The molecule has 0 spiro atoms. The van der Waals surface area contributed by atoms with E-state index in [1.165, 1.54) is 36.9 Å². The number of esters is 1. The van der Waals surface area contributed by atoms with E-state index >= 15 is 0 Å². The maximum Gasteiger partial charge on any atom is 0.338 e. The van der Waals surface area contributed by atoms with Crippen molar-refractivity contribution in [3.63, 3.8) is 0 Å². The number of fused-ring (bicyclic) bond motifs is 2. The van der Waals surface area contributed by atoms with Gasteiger partial charge in [-0.15, -0.1) is 0 Å². The van der Waals surface area contributed by atoms with Crippen LogP contribution in [0.5, 0.6) is 0 Å². The Labute approximate surface area is 195 Å². The fraction of sp³-hybridized carbons (Fsp3) is 0.231. The smallest absolute Gasteiger partial charge is 0.338 e. The zero-order valence-electron chi connectivity index (χ0n) is 18.5. The number of rotatable bonds is 5. The van der Waals surface area contributed by atoms with Gasteiger partial charge in [0.15, 0.2) is 6.10 Å². The van der Waals surface area contributed by atoms with E-state index in [9.17, 15) is 19.2 Å². The summed E-state index contributed by atoms with van der Waals surface area (Å²) in [7, 11) is 0. The highest BCUT2D eigenvalue weighted by atomic mass is 16.5. The Bertz CT molecular complexity index is 1300. The Kier molecular flexibility index (Phi) is 5.49. The van der Waals surface area contributed by atoms with Crippen molar-refractivity contribution in [1.82, 2.24) is 9.80 Å². The first kappa shape index (κ1) is 21.6. The normalized spacial score (nSPS) is 15.7. The SMILES string of the molecule is CC(OC(=O)c1ccc2c(c1)C(=O)N(Cc1ccco1)C2=O)C(=O)N1CCc2ccccc2C1. The standard InChI is InChI=1S/C26H22N2O6/c1-16(23(29)27-11-10-17-5-2-3-6-19(17)14-27)34-26(32)18-8-9-21-22(13-18)25(31)28(24(21)30)15-20-7-4-12-33-20/h2-9,12-13,16H,10-11,14-15H2,1H3. The van der Waals surface area contributed by atoms with Crippen molar-refractivity contribution >= 4 is 23.7 Å². The van der Waals surface area contributed by atoms with Crippen LogP contribution in [-0.2, 0) is 29.0 Å². The summed E-state index contributed by atoms with van der Waals surface area (Å²) in [6.07, 6.45) is 1.23. The molecule has 3 aromatic rings. The molecule has 0 radical (unpaired) electrons. The minimum Gasteiger partial charge on any atom is -0.467 e. The van der Waals surface area contributed by atoms with Gasteiger partial charge >= 0.3 is 5.97 Å². The molecule has 0 fully saturated rings. The van der Waals surface area contributed by atoms with E-state index in [-0.39, 0.29) is 29.1 Å². The predicted molar refractivity (Wildman–Crippen MR) is 120 cm³/mol. The van der Waals surface area contributed by atoms with Gasteiger partial charge in [0, 0.05) is 13.1 Å². The van der Waals surface area contributed by atoms with Crippen molar-refractivity contribution in [3.8, 4) is 0 Å². The number of carbonyl (C=O) groups is 4. The molecular formula is C26H22N2O6. The third kappa shape index (κ3) is 3.87. The monoisotopic (exact) mass is 458 g/mol. The van der Waals surface area contributed by atoms with Crippen molar-refractivity contribution in [3.05, 3.63) is 94.4 Å². The highest BCUT2D eigenvalue weighted by Gasteiger charge is 2.37. The number of amides is 3. The molecule has 2 aliphatic rings. The molecule has 8 heteroatoms. The molecule has 0 saturated carbocycles. The van der Waals surface area contributed by atoms with E-state index in [1.807, 2.05) is 18.2 Å². The van der Waals surface area contributed by atoms with Gasteiger partial charge in [-0.2, -0.15) is 0 Å². The Morgan fingerprint density at radius 3 is 2.53 bits per heavy atom. The van der Waals surface area contributed by atoms with E-state index < -0.39 is 23.9 Å². The van der Waals surface area contributed by atoms with E-state index in [0.717, 1.165) is 16.9 Å². The van der Waals surface area contributed by atoms with E-state index in [0.29, 0.717) is 18.8 Å². The number of furan rings is 1. The van der Waals surface area contributed by atoms with Crippen LogP contribution in [0.2, 0.25) is 0 Å². The van der Waals surface area contributed by atoms with Crippen LogP contribution in [0.25, 0.3) is 0 Å². The zero-order chi connectivity index (χ0) is 23.8. The van der Waals surface area contributed by atoms with E-state index in [2.05, 4.69) is 6.07 Å². The third-order valence-electron chi connectivity index (χ3n) is 6.17. The molecule has 0 saturated heterocycles. The molecule has 2 aromatic carbocycles. The maximum atomic E-state index is 12.9. The Morgan fingerprint density at radius 2 is 1.76 bits per heavy atom. The lowest BCUT2D eigenvalue weighted by Crippen LogP contribution is -2.42. The molecule has 3 heterocycles. The average molecular weight is 458 g/mol. The van der Waals surface area contributed by atoms with Crippen LogP contribution in [-0.4, -0.2) is 46.1 Å². The number of hydrogen-bond acceptors (Lipinski definition) is 6. The Morgan fingerprint density at radius 1 is 1.00 bits per heavy atom. The minimum atomic E-state index is -0.987. The predicted octanol–water partition coefficient (Wildman–Crippen LogP) is 3.21. The first-order valence-electron chi connectivity index (χ1n) is 11.0. The zero-order valence-corrected chi connectivity index (χ0v) is 18.5. The molecule has 0 N–H and O–H groups in total. The number of benzene rings is 2. The summed E-state index contributed by atoms with van der Waals surface area (Å²) in [4.78, 5) is 53.8. The molecule has 5 rings (SSSR count). The highest BCUT2D eigenvalue weighted by Crippen LogP contribution is 2.26. The van der Waals surface area contributed by atoms with Crippen LogP contribution < -0.4 is 0 Å². The van der Waals surface area contributed by atoms with Crippen molar-refractivity contribution in [2.24, 2.45) is 0 Å². The first-order valence-corrected chi connectivity index (χ1v) is 11.0. The van der Waals surface area contributed by atoms with Gasteiger partial charge in [-0.25, -0.2) is 4.79 Å². The van der Waals surface area contributed by atoms with Gasteiger partial charge in [0.05, 0.1) is 29.5 Å². The molecule has 1 aromatic heterocycles. The summed E-state index contributed by atoms with van der Waals surface area (Å²) in [5.41, 5.74) is 2.74. The van der Waals surface area contributed by atoms with Gasteiger partial charge in [0.2, 0.25) is 0 Å².